The van der Waals surface area contributed by atoms with Crippen LogP contribution in [0.3, 0.4) is 0 Å². The Kier molecular flexibility index (Phi) is 24.1. The summed E-state index contributed by atoms with van der Waals surface area (Å²) < 4.78 is 0. The van der Waals surface area contributed by atoms with Crippen molar-refractivity contribution < 1.29 is 0 Å². The smallest absolute Gasteiger partial charge is 0.0352 e. The third-order valence-electron chi connectivity index (χ3n) is 29.0. The van der Waals surface area contributed by atoms with Gasteiger partial charge in [0.15, 0.2) is 0 Å². The highest BCUT2D eigenvalue weighted by Crippen LogP contribution is 2.68. The van der Waals surface area contributed by atoms with Gasteiger partial charge in [0, 0.05) is 23.7 Å². The molecule has 0 amide bonds. The van der Waals surface area contributed by atoms with Gasteiger partial charge in [0.25, 0.3) is 0 Å². The van der Waals surface area contributed by atoms with Crippen molar-refractivity contribution in [1.29, 1.82) is 0 Å². The van der Waals surface area contributed by atoms with Crippen molar-refractivity contribution in [3.63, 3.8) is 0 Å². The van der Waals surface area contributed by atoms with Crippen molar-refractivity contribution in [3.05, 3.63) is 386 Å². The average molecular weight is 1590 g/mol. The molecule has 13 aromatic rings. The van der Waals surface area contributed by atoms with E-state index in [4.69, 9.17) is 0 Å². The Morgan fingerprint density at radius 3 is 1.02 bits per heavy atom. The van der Waals surface area contributed by atoms with E-state index in [-0.39, 0.29) is 0 Å². The highest BCUT2D eigenvalue weighted by molar-refractivity contribution is 6.44. The molecule has 0 bridgehead atoms. The Bertz CT molecular complexity index is 6240. The van der Waals surface area contributed by atoms with Crippen LogP contribution in [0.25, 0.3) is 127 Å². The van der Waals surface area contributed by atoms with E-state index in [1.807, 2.05) is 83.1 Å². The lowest BCUT2D eigenvalue weighted by Gasteiger charge is -2.65. The maximum Gasteiger partial charge on any atom is 0.0352 e. The van der Waals surface area contributed by atoms with Crippen LogP contribution >= 0.6 is 0 Å². The second-order valence-corrected chi connectivity index (χ2v) is 34.8. The van der Waals surface area contributed by atoms with Gasteiger partial charge in [-0.3, -0.25) is 0 Å². The molecule has 0 N–H and O–H groups in total. The van der Waals surface area contributed by atoms with Crippen molar-refractivity contribution in [2.45, 2.75) is 167 Å². The lowest BCUT2D eigenvalue weighted by molar-refractivity contribution is -0.156. The normalized spacial score (nSPS) is 23.7. The summed E-state index contributed by atoms with van der Waals surface area (Å²) in [5, 5.41) is 27.6. The van der Waals surface area contributed by atoms with Crippen LogP contribution in [0.2, 0.25) is 0 Å². The number of hydrogen-bond donors (Lipinski definition) is 0. The van der Waals surface area contributed by atoms with Gasteiger partial charge >= 0.3 is 0 Å². The van der Waals surface area contributed by atoms with Crippen LogP contribution in [0.4, 0.5) is 0 Å². The minimum atomic E-state index is 0.448. The molecule has 0 saturated heterocycles. The summed E-state index contributed by atoms with van der Waals surface area (Å²) in [7, 11) is 0. The number of allylic oxidation sites excluding steroid dienone is 29. The van der Waals surface area contributed by atoms with E-state index in [0.29, 0.717) is 23.7 Å². The van der Waals surface area contributed by atoms with Crippen molar-refractivity contribution >= 4 is 127 Å². The fourth-order valence-electron chi connectivity index (χ4n) is 24.4. The van der Waals surface area contributed by atoms with Gasteiger partial charge in [-0.15, -0.1) is 0 Å². The van der Waals surface area contributed by atoms with E-state index in [1.54, 1.807) is 56.9 Å². The summed E-state index contributed by atoms with van der Waals surface area (Å²) in [4.78, 5) is 0. The van der Waals surface area contributed by atoms with E-state index >= 15 is 0 Å². The summed E-state index contributed by atoms with van der Waals surface area (Å²) in [6, 6.07) is 66.5. The van der Waals surface area contributed by atoms with E-state index in [2.05, 4.69) is 342 Å². The fraction of sp³-hybridized carbons (Fsp3) is 0.279. The molecule has 9 atom stereocenters. The van der Waals surface area contributed by atoms with Gasteiger partial charge < -0.3 is 0 Å². The molecule has 0 aromatic heterocycles. The van der Waals surface area contributed by atoms with Gasteiger partial charge in [0.05, 0.1) is 0 Å². The molecule has 13 aromatic carbocycles. The van der Waals surface area contributed by atoms with Crippen molar-refractivity contribution in [3.8, 4) is 0 Å². The number of fused-ring (bicyclic) bond motifs is 2. The second kappa shape index (κ2) is 35.6. The molecule has 15 aliphatic rings. The first-order chi connectivity index (χ1) is 60.2. The number of benzene rings is 13. The third kappa shape index (κ3) is 14.3. The topological polar surface area (TPSA) is 0 Å². The molecule has 15 aliphatic carbocycles. The summed E-state index contributed by atoms with van der Waals surface area (Å²) in [6.07, 6.45) is 69.4. The van der Waals surface area contributed by atoms with Gasteiger partial charge in [-0.05, 0) is 271 Å². The average Bonchev–Trinajstić information content (AvgIpc) is 0.829. The first-order valence-electron chi connectivity index (χ1n) is 47.2. The highest BCUT2D eigenvalue weighted by atomic mass is 14.6. The summed E-state index contributed by atoms with van der Waals surface area (Å²) in [5.74, 6) is 6.33. The zero-order valence-corrected chi connectivity index (χ0v) is 74.9. The molecule has 0 nitrogen and oxygen atoms in total. The predicted octanol–water partition coefficient (Wildman–Crippen LogP) is 33.6. The number of rotatable bonds is 0. The van der Waals surface area contributed by atoms with Crippen LogP contribution < -0.4 is 10.4 Å². The lowest BCUT2D eigenvalue weighted by Crippen LogP contribution is -2.57. The van der Waals surface area contributed by atoms with Crippen LogP contribution in [0, 0.1) is 52.3 Å². The summed E-state index contributed by atoms with van der Waals surface area (Å²) in [6.45, 7) is 29.3. The predicted molar refractivity (Wildman–Crippen MR) is 538 cm³/mol. The minimum absolute atomic E-state index is 0.448. The SMILES string of the molecule is C1=CC2=CC3=CC=CC4=Cc5cccc6c5=C(C2C(=C1)C=6)C34.C1=CC2=CC=CC3=CC=CC(=C1)C23.C1=CC2=Cc3cccc4ccc5c(c34)C2C(=C1)C=C5.CC.CC.CC.CC.CC.CC.CC12CCCC3CCC4(C)CCCC(CC1)C4C32.c1cc2ccc3ccc4ccc5ccc6ccc1c1c2c3c4c5c61.c1ccc2cc3ccccc3cc2c1. The first kappa shape index (κ1) is 82.9. The molecule has 0 heteroatoms. The molecule has 4 saturated carbocycles. The monoisotopic (exact) mass is 1590 g/mol. The van der Waals surface area contributed by atoms with Crippen molar-refractivity contribution in [1.82, 2.24) is 0 Å². The van der Waals surface area contributed by atoms with Crippen LogP contribution in [-0.4, -0.2) is 0 Å². The molecule has 0 aliphatic heterocycles. The van der Waals surface area contributed by atoms with Gasteiger partial charge in [-0.1, -0.05) is 438 Å². The maximum atomic E-state index is 2.67. The van der Waals surface area contributed by atoms with Gasteiger partial charge in [-0.25, -0.2) is 0 Å². The largest absolute Gasteiger partial charge is 0.0683 e. The van der Waals surface area contributed by atoms with Crippen LogP contribution in [-0.2, 0) is 0 Å². The van der Waals surface area contributed by atoms with E-state index in [0.717, 1.165) is 34.5 Å². The van der Waals surface area contributed by atoms with Gasteiger partial charge in [0.2, 0.25) is 0 Å². The molecule has 4 fully saturated rings. The minimum Gasteiger partial charge on any atom is -0.0683 e. The Hall–Kier alpha value is -11.4. The van der Waals surface area contributed by atoms with E-state index in [1.165, 1.54) is 193 Å². The van der Waals surface area contributed by atoms with Crippen LogP contribution in [0.5, 0.6) is 0 Å². The molecule has 0 heterocycles. The zero-order chi connectivity index (χ0) is 84.5. The molecule has 612 valence electrons. The standard InChI is InChI=1S/C24H12.C22H14.C19H12.C18H30.C14H10.C13H10.6C2H6/c1-2-14-5-6-16-9-11-18-12-10-17-8-7-15-4-3-13(1)19-20(14)22(16)24(18)23(17)21(15)19;1-4-13-10-15-6-2-8-17-12-18-9-3-7-16-11-14(5-1)19(13)22(20(15)17)21(16)18;1-3-12-7-9-14-10-8-13-4-2-6-16-11-15(5-1)17(12)19(14)18(13)16;1-17-9-3-5-13-8-12-18(2)10-4-6-14(7-11-17)16(18)15(13)17;1-2-6-12-10-14-8-4-3-7-13(14)9-11(12)5-1;1-4-10-6-2-8-12-9-3-7-11(5-1)13(10)12;6*1-2/h1-12H;1-12,19-20H;1-11,17H;13-16H,3-12H2,1-2H3;1-10H;1-9,13H;6*1-2H3. The molecule has 0 radical (unpaired) electrons. The summed E-state index contributed by atoms with van der Waals surface area (Å²) >= 11 is 0. The van der Waals surface area contributed by atoms with Gasteiger partial charge in [0.1, 0.15) is 0 Å². The quantitative estimate of drug-likeness (QED) is 0.105. The molecule has 0 spiro atoms. The number of hydrogen-bond acceptors (Lipinski definition) is 0. The maximum absolute atomic E-state index is 2.67. The molecule has 122 heavy (non-hydrogen) atoms. The summed E-state index contributed by atoms with van der Waals surface area (Å²) in [5.41, 5.74) is 21.6. The second-order valence-electron chi connectivity index (χ2n) is 34.8. The Morgan fingerprint density at radius 1 is 0.246 bits per heavy atom. The van der Waals surface area contributed by atoms with Crippen molar-refractivity contribution in [2.75, 3.05) is 0 Å². The molecular weight excluding hydrogens is 1470 g/mol. The van der Waals surface area contributed by atoms with Crippen LogP contribution in [0.15, 0.2) is 354 Å². The van der Waals surface area contributed by atoms with E-state index in [9.17, 15) is 0 Å². The first-order valence-corrected chi connectivity index (χ1v) is 47.2. The van der Waals surface area contributed by atoms with Gasteiger partial charge in [-0.2, -0.15) is 0 Å². The molecule has 28 rings (SSSR count). The Balaban J connectivity index is 0.000000103. The zero-order valence-electron chi connectivity index (χ0n) is 74.9. The Morgan fingerprint density at radius 2 is 0.582 bits per heavy atom. The van der Waals surface area contributed by atoms with E-state index < -0.39 is 0 Å². The van der Waals surface area contributed by atoms with Crippen molar-refractivity contribution in [2.24, 2.45) is 52.3 Å². The molecule has 9 unspecified atom stereocenters. The van der Waals surface area contributed by atoms with Crippen LogP contribution in [0.1, 0.15) is 189 Å². The third-order valence-corrected chi connectivity index (χ3v) is 29.0. The lowest BCUT2D eigenvalue weighted by atomic mass is 9.40. The fourth-order valence-corrected chi connectivity index (χ4v) is 24.4. The highest BCUT2D eigenvalue weighted by Gasteiger charge is 2.59. The Labute approximate surface area is 727 Å². The molecular formula is C122H124.